The van der Waals surface area contributed by atoms with Gasteiger partial charge in [-0.25, -0.2) is 4.79 Å². The van der Waals surface area contributed by atoms with Crippen LogP contribution in [0.25, 0.3) is 0 Å². The van der Waals surface area contributed by atoms with Crippen molar-refractivity contribution in [1.82, 2.24) is 0 Å². The Labute approximate surface area is 65.5 Å². The fraction of sp³-hybridized carbons (Fsp3) is 0.429. The zero-order valence-electron chi connectivity index (χ0n) is 6.66. The van der Waals surface area contributed by atoms with Crippen molar-refractivity contribution in [3.8, 4) is 0 Å². The number of aliphatic carboxylic acids is 1. The summed E-state index contributed by atoms with van der Waals surface area (Å²) in [6, 6.07) is 0. The van der Waals surface area contributed by atoms with Gasteiger partial charge in [0.2, 0.25) is 0 Å². The van der Waals surface area contributed by atoms with E-state index in [4.69, 9.17) is 9.90 Å². The zero-order chi connectivity index (χ0) is 9.28. The number of esters is 1. The Morgan fingerprint density at radius 3 is 2.09 bits per heavy atom. The Morgan fingerprint density at radius 2 is 2.00 bits per heavy atom. The van der Waals surface area contributed by atoms with Gasteiger partial charge in [0.15, 0.2) is 0 Å². The second-order valence-corrected chi connectivity index (χ2v) is 1.48. The van der Waals surface area contributed by atoms with Gasteiger partial charge >= 0.3 is 5.97 Å². The van der Waals surface area contributed by atoms with Gasteiger partial charge in [-0.15, -0.1) is 0 Å². The van der Waals surface area contributed by atoms with E-state index in [0.717, 1.165) is 13.0 Å². The van der Waals surface area contributed by atoms with Crippen LogP contribution in [0, 0.1) is 0 Å². The van der Waals surface area contributed by atoms with Crippen LogP contribution in [0.1, 0.15) is 13.8 Å². The van der Waals surface area contributed by atoms with Crippen molar-refractivity contribution in [2.24, 2.45) is 0 Å². The van der Waals surface area contributed by atoms with Crippen LogP contribution in [0.3, 0.4) is 0 Å². The monoisotopic (exact) mass is 160 g/mol. The van der Waals surface area contributed by atoms with Crippen LogP contribution in [0.5, 0.6) is 0 Å². The average molecular weight is 160 g/mol. The van der Waals surface area contributed by atoms with E-state index in [9.17, 15) is 4.79 Å². The van der Waals surface area contributed by atoms with Crippen molar-refractivity contribution < 1.29 is 19.4 Å². The van der Waals surface area contributed by atoms with E-state index in [0.29, 0.717) is 6.61 Å². The number of carboxylic acid groups (broad SMARTS) is 1. The molecule has 0 saturated heterocycles. The molecule has 0 unspecified atom stereocenters. The first kappa shape index (κ1) is 12.4. The van der Waals surface area contributed by atoms with E-state index in [-0.39, 0.29) is 5.97 Å². The summed E-state index contributed by atoms with van der Waals surface area (Å²) >= 11 is 0. The summed E-state index contributed by atoms with van der Waals surface area (Å²) in [6.45, 7) is 6.46. The molecule has 0 bridgehead atoms. The van der Waals surface area contributed by atoms with Gasteiger partial charge in [-0.3, -0.25) is 4.79 Å². The molecule has 0 aromatic rings. The summed E-state index contributed by atoms with van der Waals surface area (Å²) in [5, 5.41) is 7.42. The van der Waals surface area contributed by atoms with Gasteiger partial charge in [-0.2, -0.15) is 0 Å². The lowest BCUT2D eigenvalue weighted by molar-refractivity contribution is -0.137. The lowest BCUT2D eigenvalue weighted by atomic mass is 10.6. The molecule has 0 atom stereocenters. The second kappa shape index (κ2) is 8.68. The minimum Gasteiger partial charge on any atom is -0.481 e. The molecule has 0 fully saturated rings. The van der Waals surface area contributed by atoms with Crippen LogP contribution >= 0.6 is 0 Å². The second-order valence-electron chi connectivity index (χ2n) is 1.48. The largest absolute Gasteiger partial charge is 0.481 e. The molecular formula is C7H12O4. The summed E-state index contributed by atoms with van der Waals surface area (Å²) < 4.78 is 4.43. The van der Waals surface area contributed by atoms with Gasteiger partial charge in [-0.1, -0.05) is 6.58 Å². The minimum absolute atomic E-state index is 0.359. The zero-order valence-corrected chi connectivity index (χ0v) is 6.66. The quantitative estimate of drug-likeness (QED) is 0.480. The SMILES string of the molecule is C=CC(=O)OCC.CC(=O)O. The predicted octanol–water partition coefficient (Wildman–Crippen LogP) is 0.826. The summed E-state index contributed by atoms with van der Waals surface area (Å²) in [6.07, 6.45) is 1.14. The summed E-state index contributed by atoms with van der Waals surface area (Å²) in [5.41, 5.74) is 0. The standard InChI is InChI=1S/C5H8O2.C2H4O2/c1-3-5(6)7-4-2;1-2(3)4/h3H,1,4H2,2H3;1H3,(H,3,4). The molecule has 0 spiro atoms. The number of hydrogen-bond donors (Lipinski definition) is 1. The molecule has 0 radical (unpaired) electrons. The van der Waals surface area contributed by atoms with Crippen LogP contribution in [0.2, 0.25) is 0 Å². The molecule has 0 aliphatic heterocycles. The Kier molecular flexibility index (Phi) is 9.76. The first-order chi connectivity index (χ1) is 5.04. The van der Waals surface area contributed by atoms with Crippen molar-refractivity contribution in [2.45, 2.75) is 13.8 Å². The third kappa shape index (κ3) is 28.6. The van der Waals surface area contributed by atoms with E-state index >= 15 is 0 Å². The third-order valence-electron chi connectivity index (χ3n) is 0.453. The maximum Gasteiger partial charge on any atom is 0.330 e. The number of carbonyl (C=O) groups excluding carboxylic acids is 1. The summed E-state index contributed by atoms with van der Waals surface area (Å²) in [5.74, 6) is -1.19. The molecule has 4 nitrogen and oxygen atoms in total. The summed E-state index contributed by atoms with van der Waals surface area (Å²) in [7, 11) is 0. The number of ether oxygens (including phenoxy) is 1. The number of rotatable bonds is 2. The lowest BCUT2D eigenvalue weighted by Crippen LogP contribution is -1.97. The van der Waals surface area contributed by atoms with Gasteiger partial charge in [0.05, 0.1) is 6.61 Å². The number of carbonyl (C=O) groups is 2. The third-order valence-corrected chi connectivity index (χ3v) is 0.453. The minimum atomic E-state index is -0.833. The Morgan fingerprint density at radius 1 is 1.64 bits per heavy atom. The van der Waals surface area contributed by atoms with Crippen molar-refractivity contribution in [3.63, 3.8) is 0 Å². The van der Waals surface area contributed by atoms with Crippen LogP contribution in [0.15, 0.2) is 12.7 Å². The van der Waals surface area contributed by atoms with E-state index in [2.05, 4.69) is 11.3 Å². The molecule has 0 aliphatic carbocycles. The van der Waals surface area contributed by atoms with Crippen molar-refractivity contribution in [1.29, 1.82) is 0 Å². The maximum absolute atomic E-state index is 10.1. The Balaban J connectivity index is 0. The van der Waals surface area contributed by atoms with Gasteiger partial charge in [0, 0.05) is 13.0 Å². The van der Waals surface area contributed by atoms with Gasteiger partial charge in [0.25, 0.3) is 5.97 Å². The topological polar surface area (TPSA) is 63.6 Å². The highest BCUT2D eigenvalue weighted by Gasteiger charge is 1.86. The first-order valence-electron chi connectivity index (χ1n) is 3.03. The molecule has 4 heteroatoms. The molecule has 1 N–H and O–H groups in total. The van der Waals surface area contributed by atoms with E-state index < -0.39 is 5.97 Å². The highest BCUT2D eigenvalue weighted by atomic mass is 16.5. The normalized spacial score (nSPS) is 7.09. The smallest absolute Gasteiger partial charge is 0.330 e. The van der Waals surface area contributed by atoms with Crippen LogP contribution in [-0.2, 0) is 14.3 Å². The van der Waals surface area contributed by atoms with E-state index in [1.807, 2.05) is 0 Å². The number of hydrogen-bond acceptors (Lipinski definition) is 3. The van der Waals surface area contributed by atoms with Gasteiger partial charge in [0.1, 0.15) is 0 Å². The molecule has 0 saturated carbocycles. The van der Waals surface area contributed by atoms with Gasteiger partial charge in [-0.05, 0) is 6.92 Å². The molecule has 0 aromatic carbocycles. The van der Waals surface area contributed by atoms with Crippen molar-refractivity contribution >= 4 is 11.9 Å². The average Bonchev–Trinajstić information content (AvgIpc) is 1.87. The van der Waals surface area contributed by atoms with E-state index in [1.165, 1.54) is 0 Å². The predicted molar refractivity (Wildman–Crippen MR) is 40.1 cm³/mol. The first-order valence-corrected chi connectivity index (χ1v) is 3.03. The fourth-order valence-electron chi connectivity index (χ4n) is 0.201. The Hall–Kier alpha value is -1.32. The van der Waals surface area contributed by atoms with Crippen LogP contribution in [-0.4, -0.2) is 23.7 Å². The number of carboxylic acids is 1. The fourth-order valence-corrected chi connectivity index (χ4v) is 0.201. The molecule has 0 aliphatic rings. The highest BCUT2D eigenvalue weighted by molar-refractivity contribution is 5.81. The van der Waals surface area contributed by atoms with Gasteiger partial charge < -0.3 is 9.84 Å². The molecule has 0 heterocycles. The Bertz CT molecular complexity index is 135. The molecule has 11 heavy (non-hydrogen) atoms. The van der Waals surface area contributed by atoms with Crippen molar-refractivity contribution in [3.05, 3.63) is 12.7 Å². The molecule has 64 valence electrons. The van der Waals surface area contributed by atoms with Crippen molar-refractivity contribution in [2.75, 3.05) is 6.61 Å². The summed E-state index contributed by atoms with van der Waals surface area (Å²) in [4.78, 5) is 19.1. The molecular weight excluding hydrogens is 148 g/mol. The molecule has 0 amide bonds. The molecule has 0 rings (SSSR count). The molecule has 0 aromatic heterocycles. The highest BCUT2D eigenvalue weighted by Crippen LogP contribution is 1.74. The maximum atomic E-state index is 10.1. The lowest BCUT2D eigenvalue weighted by Gasteiger charge is -1.90. The van der Waals surface area contributed by atoms with Crippen LogP contribution < -0.4 is 0 Å². The van der Waals surface area contributed by atoms with Crippen LogP contribution in [0.4, 0.5) is 0 Å². The van der Waals surface area contributed by atoms with E-state index in [1.54, 1.807) is 6.92 Å².